The molecule has 10 nitrogen and oxygen atoms in total. The minimum Gasteiger partial charge on any atom is -0.385 e. The second-order valence-corrected chi connectivity index (χ2v) is 15.9. The minimum atomic E-state index is -1.13. The fraction of sp³-hybridized carbons (Fsp3) is 0.860. The Labute approximate surface area is 332 Å². The van der Waals surface area contributed by atoms with Crippen LogP contribution in [0, 0.1) is 6.92 Å². The van der Waals surface area contributed by atoms with Crippen molar-refractivity contribution < 1.29 is 47.7 Å². The Morgan fingerprint density at radius 1 is 0.537 bits per heavy atom. The van der Waals surface area contributed by atoms with Gasteiger partial charge in [-0.15, -0.1) is 0 Å². The van der Waals surface area contributed by atoms with E-state index in [1.54, 1.807) is 11.8 Å². The van der Waals surface area contributed by atoms with Crippen LogP contribution in [0.15, 0.2) is 29.2 Å². The van der Waals surface area contributed by atoms with Crippen molar-refractivity contribution >= 4 is 11.8 Å². The van der Waals surface area contributed by atoms with Crippen molar-refractivity contribution in [2.24, 2.45) is 0 Å². The van der Waals surface area contributed by atoms with Crippen LogP contribution in [-0.4, -0.2) is 119 Å². The second kappa shape index (κ2) is 28.6. The van der Waals surface area contributed by atoms with Gasteiger partial charge in [0.2, 0.25) is 0 Å². The maximum atomic E-state index is 12.1. The minimum absolute atomic E-state index is 0.302. The monoisotopic (exact) mass is 785 g/mol. The predicted molar refractivity (Wildman–Crippen MR) is 215 cm³/mol. The van der Waals surface area contributed by atoms with E-state index in [1.807, 2.05) is 0 Å². The number of aryl methyl sites for hydroxylation is 1. The summed E-state index contributed by atoms with van der Waals surface area (Å²) in [6.07, 6.45) is 5.63. The summed E-state index contributed by atoms with van der Waals surface area (Å²) in [7, 11) is 0. The summed E-state index contributed by atoms with van der Waals surface area (Å²) in [5, 5.41) is 12.1. The van der Waals surface area contributed by atoms with Crippen molar-refractivity contribution in [1.29, 1.82) is 0 Å². The topological polar surface area (TPSA) is 103 Å². The number of thioether (sulfide) groups is 1. The second-order valence-electron chi connectivity index (χ2n) is 14.7. The molecule has 11 heteroatoms. The van der Waals surface area contributed by atoms with Crippen molar-refractivity contribution in [2.75, 3.05) is 52.9 Å². The smallest absolute Gasteiger partial charge is 0.187 e. The molecule has 2 aliphatic rings. The molecule has 3 rings (SSSR count). The standard InChI is InChI=1S/C43H76O10S/c1-8-14-24-45-30-34-37(47-26-16-10-3)39(49-28-18-12-5)36(44)42(51-34)53-41-40(50-29-19-13-6)38(48-27-17-11-4)35(31-46-25-15-9-2)52-43(41)54-33-22-20-32(7)21-23-33/h20-23,34-44H,8-19,24-31H2,1-7H3/t34?,35?,36?,37-,38-,39?,40?,41?,42-,43-/m1/s1. The van der Waals surface area contributed by atoms with E-state index in [0.717, 1.165) is 81.9 Å². The van der Waals surface area contributed by atoms with Gasteiger partial charge in [-0.2, -0.15) is 0 Å². The summed E-state index contributed by atoms with van der Waals surface area (Å²) in [6, 6.07) is 8.42. The number of ether oxygens (including phenoxy) is 9. The van der Waals surface area contributed by atoms with Crippen LogP contribution in [0.25, 0.3) is 0 Å². The molecule has 1 aromatic carbocycles. The molecular formula is C43H76O10S. The summed E-state index contributed by atoms with van der Waals surface area (Å²) in [6.45, 7) is 19.1. The van der Waals surface area contributed by atoms with Crippen molar-refractivity contribution in [3.05, 3.63) is 29.8 Å². The number of hydrogen-bond acceptors (Lipinski definition) is 11. The van der Waals surface area contributed by atoms with Crippen LogP contribution >= 0.6 is 11.8 Å². The molecule has 6 unspecified atom stereocenters. The third-order valence-electron chi connectivity index (χ3n) is 9.85. The summed E-state index contributed by atoms with van der Waals surface area (Å²) >= 11 is 1.59. The predicted octanol–water partition coefficient (Wildman–Crippen LogP) is 8.66. The summed E-state index contributed by atoms with van der Waals surface area (Å²) < 4.78 is 59.5. The fourth-order valence-corrected chi connectivity index (χ4v) is 7.54. The van der Waals surface area contributed by atoms with E-state index in [-0.39, 0.29) is 6.10 Å². The zero-order valence-electron chi connectivity index (χ0n) is 34.8. The van der Waals surface area contributed by atoms with Gasteiger partial charge in [-0.05, 0) is 57.6 Å². The molecule has 2 aliphatic heterocycles. The number of rotatable bonds is 30. The van der Waals surface area contributed by atoms with Crippen LogP contribution in [0.5, 0.6) is 0 Å². The molecule has 2 saturated heterocycles. The van der Waals surface area contributed by atoms with Gasteiger partial charge in [-0.3, -0.25) is 0 Å². The Bertz CT molecular complexity index is 1050. The van der Waals surface area contributed by atoms with Gasteiger partial charge in [0.1, 0.15) is 54.3 Å². The number of aliphatic hydroxyl groups excluding tert-OH is 1. The molecule has 0 radical (unpaired) electrons. The molecule has 0 spiro atoms. The molecule has 0 aromatic heterocycles. The maximum absolute atomic E-state index is 12.1. The van der Waals surface area contributed by atoms with E-state index >= 15 is 0 Å². The number of benzene rings is 1. The van der Waals surface area contributed by atoms with Crippen molar-refractivity contribution in [1.82, 2.24) is 0 Å². The molecule has 1 N–H and O–H groups in total. The first-order chi connectivity index (χ1) is 26.4. The highest BCUT2D eigenvalue weighted by Crippen LogP contribution is 2.40. The lowest BCUT2D eigenvalue weighted by molar-refractivity contribution is -0.347. The van der Waals surface area contributed by atoms with E-state index in [1.165, 1.54) is 5.56 Å². The highest BCUT2D eigenvalue weighted by molar-refractivity contribution is 7.99. The summed E-state index contributed by atoms with van der Waals surface area (Å²) in [5.41, 5.74) is 0.665. The van der Waals surface area contributed by atoms with Crippen LogP contribution in [-0.2, 0) is 42.6 Å². The molecular weight excluding hydrogens is 709 g/mol. The zero-order chi connectivity index (χ0) is 39.0. The largest absolute Gasteiger partial charge is 0.385 e. The molecule has 2 fully saturated rings. The molecule has 1 aromatic rings. The van der Waals surface area contributed by atoms with Crippen LogP contribution < -0.4 is 0 Å². The highest BCUT2D eigenvalue weighted by Gasteiger charge is 2.53. The maximum Gasteiger partial charge on any atom is 0.187 e. The van der Waals surface area contributed by atoms with Gasteiger partial charge >= 0.3 is 0 Å². The van der Waals surface area contributed by atoms with Crippen molar-refractivity contribution in [2.45, 2.75) is 191 Å². The van der Waals surface area contributed by atoms with Gasteiger partial charge in [-0.25, -0.2) is 0 Å². The van der Waals surface area contributed by atoms with Crippen LogP contribution in [0.4, 0.5) is 0 Å². The van der Waals surface area contributed by atoms with Crippen LogP contribution in [0.2, 0.25) is 0 Å². The van der Waals surface area contributed by atoms with E-state index < -0.39 is 54.5 Å². The van der Waals surface area contributed by atoms with E-state index in [0.29, 0.717) is 52.9 Å². The van der Waals surface area contributed by atoms with Gasteiger partial charge < -0.3 is 47.7 Å². The Kier molecular flexibility index (Phi) is 25.1. The molecule has 54 heavy (non-hydrogen) atoms. The first-order valence-electron chi connectivity index (χ1n) is 21.4. The molecule has 314 valence electrons. The Balaban J connectivity index is 2.04. The highest BCUT2D eigenvalue weighted by atomic mass is 32.2. The first kappa shape index (κ1) is 47.5. The molecule has 0 aliphatic carbocycles. The van der Waals surface area contributed by atoms with Gasteiger partial charge in [0.25, 0.3) is 0 Å². The van der Waals surface area contributed by atoms with Gasteiger partial charge in [0.05, 0.1) is 13.2 Å². The van der Waals surface area contributed by atoms with Crippen molar-refractivity contribution in [3.8, 4) is 0 Å². The average Bonchev–Trinajstić information content (AvgIpc) is 3.17. The lowest BCUT2D eigenvalue weighted by Crippen LogP contribution is -2.65. The lowest BCUT2D eigenvalue weighted by Gasteiger charge is -2.49. The van der Waals surface area contributed by atoms with Gasteiger partial charge in [0.15, 0.2) is 6.29 Å². The summed E-state index contributed by atoms with van der Waals surface area (Å²) in [5.74, 6) is 0. The normalized spacial score (nSPS) is 28.8. The lowest BCUT2D eigenvalue weighted by atomic mass is 9.96. The fourth-order valence-electron chi connectivity index (χ4n) is 6.43. The van der Waals surface area contributed by atoms with E-state index in [9.17, 15) is 5.11 Å². The molecule has 2 heterocycles. The first-order valence-corrected chi connectivity index (χ1v) is 22.3. The van der Waals surface area contributed by atoms with Crippen molar-refractivity contribution in [3.63, 3.8) is 0 Å². The third kappa shape index (κ3) is 16.2. The average molecular weight is 785 g/mol. The molecule has 10 atom stereocenters. The number of unbranched alkanes of at least 4 members (excludes halogenated alkanes) is 6. The Morgan fingerprint density at radius 3 is 1.46 bits per heavy atom. The van der Waals surface area contributed by atoms with Gasteiger partial charge in [-0.1, -0.05) is 110 Å². The number of aliphatic hydroxyl groups is 1. The van der Waals surface area contributed by atoms with E-state index in [2.05, 4.69) is 72.7 Å². The molecule has 0 bridgehead atoms. The van der Waals surface area contributed by atoms with Crippen LogP contribution in [0.1, 0.15) is 124 Å². The molecule has 0 saturated carbocycles. The zero-order valence-corrected chi connectivity index (χ0v) is 35.6. The third-order valence-corrected chi connectivity index (χ3v) is 11.0. The SMILES string of the molecule is CCCCOCC1O[C@H](OC2C(OCCCC)[C@H](OCCCC)C(COCCCC)O[C@@H]2Sc2ccc(C)cc2)C(O)C(OCCCC)[C@@H]1OCCCC. The Hall–Kier alpha value is -0.830. The van der Waals surface area contributed by atoms with Gasteiger partial charge in [0, 0.05) is 44.5 Å². The molecule has 0 amide bonds. The van der Waals surface area contributed by atoms with E-state index in [4.69, 9.17) is 42.6 Å². The van der Waals surface area contributed by atoms with Crippen LogP contribution in [0.3, 0.4) is 0 Å². The quantitative estimate of drug-likeness (QED) is 0.0759. The number of hydrogen-bond donors (Lipinski definition) is 1. The Morgan fingerprint density at radius 2 is 0.963 bits per heavy atom. The summed E-state index contributed by atoms with van der Waals surface area (Å²) in [4.78, 5) is 1.04.